The average Bonchev–Trinajstić information content (AvgIpc) is 3.05. The lowest BCUT2D eigenvalue weighted by Crippen LogP contribution is -2.22. The van der Waals surface area contributed by atoms with Gasteiger partial charge in [0.25, 0.3) is 0 Å². The van der Waals surface area contributed by atoms with E-state index in [0.29, 0.717) is 17.9 Å². The van der Waals surface area contributed by atoms with Crippen molar-refractivity contribution in [1.82, 2.24) is 29.9 Å². The van der Waals surface area contributed by atoms with Crippen molar-refractivity contribution in [3.05, 3.63) is 28.8 Å². The molecule has 0 saturated carbocycles. The number of aromatic nitrogens is 6. The van der Waals surface area contributed by atoms with Gasteiger partial charge >= 0.3 is 0 Å². The van der Waals surface area contributed by atoms with Crippen LogP contribution in [0.25, 0.3) is 11.2 Å². The second kappa shape index (κ2) is 8.18. The van der Waals surface area contributed by atoms with Crippen LogP contribution in [0.2, 0.25) is 0 Å². The average molecular weight is 384 g/mol. The molecule has 3 heterocycles. The van der Waals surface area contributed by atoms with Crippen LogP contribution in [0.3, 0.4) is 0 Å². The van der Waals surface area contributed by atoms with E-state index in [0.717, 1.165) is 47.1 Å². The quantitative estimate of drug-likeness (QED) is 0.616. The van der Waals surface area contributed by atoms with E-state index in [1.54, 1.807) is 7.11 Å². The van der Waals surface area contributed by atoms with Gasteiger partial charge in [-0.3, -0.25) is 4.98 Å². The zero-order valence-electron chi connectivity index (χ0n) is 17.8. The van der Waals surface area contributed by atoms with Crippen molar-refractivity contribution in [1.29, 1.82) is 0 Å². The number of pyridine rings is 1. The number of hydrogen-bond donors (Lipinski definition) is 0. The number of hydrogen-bond acceptors (Lipinski definition) is 7. The predicted octanol–water partition coefficient (Wildman–Crippen LogP) is 3.61. The standard InChI is InChI=1S/C20H29N7O/c1-8-16(11-28-7)27-20-17(24-25-27)19(22-15(6)23-20)26(9-2)18-12(3)10-13(4)21-14(18)5/h10,16H,8-9,11H2,1-7H3. The van der Waals surface area contributed by atoms with Gasteiger partial charge in [0.05, 0.1) is 24.0 Å². The molecule has 0 aliphatic heterocycles. The van der Waals surface area contributed by atoms with E-state index < -0.39 is 0 Å². The normalized spacial score (nSPS) is 12.5. The Morgan fingerprint density at radius 3 is 2.46 bits per heavy atom. The minimum atomic E-state index is 0.0803. The molecule has 3 aromatic rings. The van der Waals surface area contributed by atoms with Gasteiger partial charge < -0.3 is 9.64 Å². The summed E-state index contributed by atoms with van der Waals surface area (Å²) in [6.07, 6.45) is 0.877. The van der Waals surface area contributed by atoms with Crippen molar-refractivity contribution >= 4 is 22.7 Å². The smallest absolute Gasteiger partial charge is 0.184 e. The van der Waals surface area contributed by atoms with E-state index in [2.05, 4.69) is 52.0 Å². The summed E-state index contributed by atoms with van der Waals surface area (Å²) >= 11 is 0. The summed E-state index contributed by atoms with van der Waals surface area (Å²) in [5.41, 5.74) is 5.64. The molecule has 0 bridgehead atoms. The third kappa shape index (κ3) is 3.56. The van der Waals surface area contributed by atoms with Crippen molar-refractivity contribution in [3.8, 4) is 0 Å². The highest BCUT2D eigenvalue weighted by Gasteiger charge is 2.24. The topological polar surface area (TPSA) is 81.9 Å². The first kappa shape index (κ1) is 20.1. The summed E-state index contributed by atoms with van der Waals surface area (Å²) in [6, 6.07) is 2.18. The summed E-state index contributed by atoms with van der Waals surface area (Å²) in [5, 5.41) is 8.85. The molecule has 3 rings (SSSR count). The van der Waals surface area contributed by atoms with E-state index in [1.165, 1.54) is 0 Å². The Balaban J connectivity index is 2.21. The Bertz CT molecular complexity index is 959. The summed E-state index contributed by atoms with van der Waals surface area (Å²) in [5.74, 6) is 1.45. The first-order chi connectivity index (χ1) is 13.4. The van der Waals surface area contributed by atoms with Gasteiger partial charge in [0, 0.05) is 19.3 Å². The highest BCUT2D eigenvalue weighted by Crippen LogP contribution is 2.33. The number of anilines is 2. The lowest BCUT2D eigenvalue weighted by molar-refractivity contribution is 0.148. The third-order valence-electron chi connectivity index (χ3n) is 4.92. The van der Waals surface area contributed by atoms with Crippen molar-refractivity contribution < 1.29 is 4.74 Å². The second-order valence-corrected chi connectivity index (χ2v) is 7.08. The summed E-state index contributed by atoms with van der Waals surface area (Å²) in [4.78, 5) is 16.2. The van der Waals surface area contributed by atoms with E-state index in [4.69, 9.17) is 9.72 Å². The van der Waals surface area contributed by atoms with Crippen LogP contribution in [0.4, 0.5) is 11.5 Å². The summed E-state index contributed by atoms with van der Waals surface area (Å²) in [6.45, 7) is 13.6. The van der Waals surface area contributed by atoms with Crippen LogP contribution in [-0.2, 0) is 4.74 Å². The molecule has 1 unspecified atom stereocenters. The monoisotopic (exact) mass is 383 g/mol. The number of methoxy groups -OCH3 is 1. The van der Waals surface area contributed by atoms with Crippen LogP contribution in [-0.4, -0.2) is 50.2 Å². The maximum atomic E-state index is 5.36. The zero-order chi connectivity index (χ0) is 20.4. The van der Waals surface area contributed by atoms with Crippen LogP contribution in [0.1, 0.15) is 49.1 Å². The molecule has 1 atom stereocenters. The molecule has 0 N–H and O–H groups in total. The maximum absolute atomic E-state index is 5.36. The highest BCUT2D eigenvalue weighted by atomic mass is 16.5. The molecule has 0 amide bonds. The van der Waals surface area contributed by atoms with Crippen LogP contribution in [0, 0.1) is 27.7 Å². The first-order valence-electron chi connectivity index (χ1n) is 9.72. The van der Waals surface area contributed by atoms with Gasteiger partial charge in [0.2, 0.25) is 0 Å². The van der Waals surface area contributed by atoms with E-state index in [-0.39, 0.29) is 6.04 Å². The fourth-order valence-corrected chi connectivity index (χ4v) is 3.75. The van der Waals surface area contributed by atoms with Crippen LogP contribution < -0.4 is 4.90 Å². The number of nitrogens with zero attached hydrogens (tertiary/aromatic N) is 7. The minimum Gasteiger partial charge on any atom is -0.382 e. The molecule has 3 aromatic heterocycles. The van der Waals surface area contributed by atoms with Crippen LogP contribution in [0.15, 0.2) is 6.07 Å². The Hall–Kier alpha value is -2.61. The lowest BCUT2D eigenvalue weighted by atomic mass is 10.1. The maximum Gasteiger partial charge on any atom is 0.184 e. The molecular weight excluding hydrogens is 354 g/mol. The lowest BCUT2D eigenvalue weighted by Gasteiger charge is -2.26. The molecule has 0 aliphatic rings. The molecule has 0 aliphatic carbocycles. The van der Waals surface area contributed by atoms with Gasteiger partial charge in [0.15, 0.2) is 17.0 Å². The molecule has 0 aromatic carbocycles. The Labute approximate surface area is 166 Å². The summed E-state index contributed by atoms with van der Waals surface area (Å²) < 4.78 is 7.22. The van der Waals surface area contributed by atoms with E-state index in [9.17, 15) is 0 Å². The molecule has 8 heteroatoms. The van der Waals surface area contributed by atoms with E-state index in [1.807, 2.05) is 25.5 Å². The van der Waals surface area contributed by atoms with Gasteiger partial charge in [-0.25, -0.2) is 14.6 Å². The molecule has 0 radical (unpaired) electrons. The van der Waals surface area contributed by atoms with Gasteiger partial charge in [-0.1, -0.05) is 12.1 Å². The van der Waals surface area contributed by atoms with Crippen molar-refractivity contribution in [2.75, 3.05) is 25.2 Å². The largest absolute Gasteiger partial charge is 0.382 e. The Morgan fingerprint density at radius 2 is 1.86 bits per heavy atom. The number of aryl methyl sites for hydroxylation is 4. The van der Waals surface area contributed by atoms with Crippen LogP contribution in [0.5, 0.6) is 0 Å². The predicted molar refractivity (Wildman–Crippen MR) is 110 cm³/mol. The number of rotatable bonds is 7. The molecular formula is C20H29N7O. The van der Waals surface area contributed by atoms with Crippen molar-refractivity contribution in [3.63, 3.8) is 0 Å². The zero-order valence-corrected chi connectivity index (χ0v) is 17.8. The first-order valence-corrected chi connectivity index (χ1v) is 9.72. The molecule has 0 spiro atoms. The highest BCUT2D eigenvalue weighted by molar-refractivity contribution is 5.86. The Morgan fingerprint density at radius 1 is 1.11 bits per heavy atom. The number of ether oxygens (including phenoxy) is 1. The fraction of sp³-hybridized carbons (Fsp3) is 0.550. The van der Waals surface area contributed by atoms with Crippen molar-refractivity contribution in [2.24, 2.45) is 0 Å². The van der Waals surface area contributed by atoms with Gasteiger partial charge in [-0.05, 0) is 52.7 Å². The van der Waals surface area contributed by atoms with Gasteiger partial charge in [-0.2, -0.15) is 0 Å². The summed E-state index contributed by atoms with van der Waals surface area (Å²) in [7, 11) is 1.70. The van der Waals surface area contributed by atoms with Crippen molar-refractivity contribution in [2.45, 2.75) is 54.0 Å². The second-order valence-electron chi connectivity index (χ2n) is 7.08. The molecule has 0 saturated heterocycles. The van der Waals surface area contributed by atoms with Gasteiger partial charge in [0.1, 0.15) is 5.82 Å². The van der Waals surface area contributed by atoms with Crippen LogP contribution >= 0.6 is 0 Å². The molecule has 0 fully saturated rings. The van der Waals surface area contributed by atoms with E-state index >= 15 is 0 Å². The minimum absolute atomic E-state index is 0.0803. The number of fused-ring (bicyclic) bond motifs is 1. The fourth-order valence-electron chi connectivity index (χ4n) is 3.75. The Kier molecular flexibility index (Phi) is 5.88. The molecule has 28 heavy (non-hydrogen) atoms. The molecule has 150 valence electrons. The third-order valence-corrected chi connectivity index (χ3v) is 4.92. The molecule has 8 nitrogen and oxygen atoms in total. The SMILES string of the molecule is CCC(COC)n1nnc2c(N(CC)c3c(C)cc(C)nc3C)nc(C)nc21. The van der Waals surface area contributed by atoms with Gasteiger partial charge in [-0.15, -0.1) is 5.10 Å².